The minimum absolute atomic E-state index is 0.0905. The highest BCUT2D eigenvalue weighted by Gasteiger charge is 2.49. The van der Waals surface area contributed by atoms with Crippen molar-refractivity contribution >= 4 is 17.5 Å². The van der Waals surface area contributed by atoms with Crippen molar-refractivity contribution in [1.29, 1.82) is 0 Å². The minimum atomic E-state index is -0.319. The molecule has 5 heteroatoms. The maximum absolute atomic E-state index is 13.2. The fourth-order valence-electron chi connectivity index (χ4n) is 4.70. The van der Waals surface area contributed by atoms with Gasteiger partial charge >= 0.3 is 0 Å². The fourth-order valence-corrected chi connectivity index (χ4v) is 4.70. The van der Waals surface area contributed by atoms with Crippen LogP contribution < -0.4 is 4.90 Å². The Hall–Kier alpha value is -2.56. The van der Waals surface area contributed by atoms with E-state index in [1.807, 2.05) is 42.2 Å². The summed E-state index contributed by atoms with van der Waals surface area (Å²) < 4.78 is 0. The van der Waals surface area contributed by atoms with E-state index in [-0.39, 0.29) is 23.0 Å². The molecule has 2 atom stereocenters. The van der Waals surface area contributed by atoms with Crippen LogP contribution >= 0.6 is 0 Å². The van der Waals surface area contributed by atoms with Crippen LogP contribution in [0.4, 0.5) is 5.82 Å². The lowest BCUT2D eigenvalue weighted by Gasteiger charge is -2.36. The van der Waals surface area contributed by atoms with E-state index in [0.29, 0.717) is 12.1 Å². The summed E-state index contributed by atoms with van der Waals surface area (Å²) in [5.41, 5.74) is 1.08. The number of amides is 1. The number of hydrogen-bond acceptors (Lipinski definition) is 4. The number of aryl methyl sites for hydroxylation is 1. The molecule has 1 saturated heterocycles. The predicted molar refractivity (Wildman–Crippen MR) is 104 cm³/mol. The van der Waals surface area contributed by atoms with Gasteiger partial charge in [0.1, 0.15) is 11.5 Å². The fraction of sp³-hybridized carbons (Fsp3) is 0.455. The summed E-state index contributed by atoms with van der Waals surface area (Å²) in [5, 5.41) is 0. The van der Waals surface area contributed by atoms with Gasteiger partial charge in [0.2, 0.25) is 5.91 Å². The molecule has 1 aliphatic carbocycles. The van der Waals surface area contributed by atoms with Crippen LogP contribution in [-0.2, 0) is 4.79 Å². The summed E-state index contributed by atoms with van der Waals surface area (Å²) in [6.45, 7) is 2.62. The number of pyridine rings is 2. The van der Waals surface area contributed by atoms with E-state index in [4.69, 9.17) is 0 Å². The zero-order chi connectivity index (χ0) is 18.9. The summed E-state index contributed by atoms with van der Waals surface area (Å²) in [4.78, 5) is 36.4. The van der Waals surface area contributed by atoms with E-state index in [9.17, 15) is 9.59 Å². The molecular formula is C22H25N3O2. The van der Waals surface area contributed by atoms with E-state index >= 15 is 0 Å². The first-order valence-corrected chi connectivity index (χ1v) is 9.77. The Morgan fingerprint density at radius 1 is 1.22 bits per heavy atom. The molecule has 4 rings (SSSR count). The average Bonchev–Trinajstić information content (AvgIpc) is 2.98. The smallest absolute Gasteiger partial charge is 0.234 e. The molecule has 0 aromatic carbocycles. The number of rotatable bonds is 4. The molecule has 1 saturated carbocycles. The Balaban J connectivity index is 1.46. The largest absolute Gasteiger partial charge is 0.296 e. The van der Waals surface area contributed by atoms with Crippen LogP contribution in [0.25, 0.3) is 0 Å². The Labute approximate surface area is 159 Å². The van der Waals surface area contributed by atoms with E-state index < -0.39 is 0 Å². The highest BCUT2D eigenvalue weighted by atomic mass is 16.2. The Morgan fingerprint density at radius 3 is 2.89 bits per heavy atom. The zero-order valence-electron chi connectivity index (χ0n) is 15.7. The van der Waals surface area contributed by atoms with Crippen molar-refractivity contribution in [3.63, 3.8) is 0 Å². The predicted octanol–water partition coefficient (Wildman–Crippen LogP) is 3.97. The second-order valence-electron chi connectivity index (χ2n) is 7.93. The number of ketones is 1. The van der Waals surface area contributed by atoms with Crippen LogP contribution in [-0.4, -0.2) is 28.2 Å². The summed E-state index contributed by atoms with van der Waals surface area (Å²) in [6, 6.07) is 11.2. The maximum atomic E-state index is 13.2. The molecule has 1 aliphatic heterocycles. The molecule has 0 unspecified atom stereocenters. The van der Waals surface area contributed by atoms with Crippen molar-refractivity contribution in [2.75, 3.05) is 11.4 Å². The van der Waals surface area contributed by atoms with Gasteiger partial charge in [-0.2, -0.15) is 0 Å². The normalized spacial score (nSPS) is 25.1. The highest BCUT2D eigenvalue weighted by Crippen LogP contribution is 2.48. The number of carbonyl (C=O) groups excluding carboxylic acids is 2. The van der Waals surface area contributed by atoms with Crippen LogP contribution in [0.2, 0.25) is 0 Å². The van der Waals surface area contributed by atoms with Crippen molar-refractivity contribution < 1.29 is 9.59 Å². The molecule has 1 amide bonds. The van der Waals surface area contributed by atoms with E-state index in [1.54, 1.807) is 12.3 Å². The van der Waals surface area contributed by atoms with Gasteiger partial charge in [0, 0.05) is 24.9 Å². The molecule has 0 N–H and O–H groups in total. The highest BCUT2D eigenvalue weighted by molar-refractivity contribution is 5.99. The summed E-state index contributed by atoms with van der Waals surface area (Å²) in [5.74, 6) is 1.27. The van der Waals surface area contributed by atoms with E-state index in [1.165, 1.54) is 0 Å². The molecule has 5 nitrogen and oxygen atoms in total. The second-order valence-corrected chi connectivity index (χ2v) is 7.93. The van der Waals surface area contributed by atoms with Gasteiger partial charge in [-0.15, -0.1) is 0 Å². The number of hydrogen-bond donors (Lipinski definition) is 0. The first-order chi connectivity index (χ1) is 13.1. The van der Waals surface area contributed by atoms with Gasteiger partial charge in [0.25, 0.3) is 0 Å². The average molecular weight is 363 g/mol. The molecule has 1 spiro atoms. The van der Waals surface area contributed by atoms with Crippen molar-refractivity contribution in [2.45, 2.75) is 45.4 Å². The number of carbonyl (C=O) groups is 2. The number of aromatic nitrogens is 2. The lowest BCUT2D eigenvalue weighted by atomic mass is 9.67. The lowest BCUT2D eigenvalue weighted by Crippen LogP contribution is -2.39. The first-order valence-electron chi connectivity index (χ1n) is 9.77. The molecule has 2 aliphatic rings. The number of Topliss-reactive ketones (excluding diaryl/α,β-unsaturated/α-hetero) is 1. The van der Waals surface area contributed by atoms with Gasteiger partial charge in [-0.3, -0.25) is 19.5 Å². The standard InChI is InChI=1S/C22H25N3O2/c1-16-6-4-8-18(24-16)19(26)14-17-7-5-10-22(15-17)11-13-25(21(22)27)20-9-2-3-12-23-20/h2-4,6,8-9,12,17H,5,7,10-11,13-15H2,1H3/t17-,22+/m1/s1. The third-order valence-electron chi connectivity index (χ3n) is 6.03. The SMILES string of the molecule is Cc1cccc(C(=O)C[C@H]2CCC[C@]3(CCN(c4ccccn4)C3=O)C2)n1. The van der Waals surface area contributed by atoms with Crippen LogP contribution in [0.1, 0.15) is 54.7 Å². The van der Waals surface area contributed by atoms with Crippen LogP contribution in [0, 0.1) is 18.3 Å². The van der Waals surface area contributed by atoms with Crippen LogP contribution in [0.3, 0.4) is 0 Å². The third kappa shape index (κ3) is 3.51. The molecule has 3 heterocycles. The number of nitrogens with zero attached hydrogens (tertiary/aromatic N) is 3. The van der Waals surface area contributed by atoms with Gasteiger partial charge in [0.15, 0.2) is 5.78 Å². The molecule has 2 aromatic rings. The molecular weight excluding hydrogens is 338 g/mol. The van der Waals surface area contributed by atoms with Gasteiger partial charge in [-0.25, -0.2) is 4.98 Å². The molecule has 0 radical (unpaired) electrons. The number of anilines is 1. The quantitative estimate of drug-likeness (QED) is 0.771. The monoisotopic (exact) mass is 363 g/mol. The summed E-state index contributed by atoms with van der Waals surface area (Å²) in [6.07, 6.45) is 6.79. The Morgan fingerprint density at radius 2 is 2.11 bits per heavy atom. The van der Waals surface area contributed by atoms with E-state index in [2.05, 4.69) is 9.97 Å². The lowest BCUT2D eigenvalue weighted by molar-refractivity contribution is -0.128. The molecule has 2 aromatic heterocycles. The molecule has 140 valence electrons. The van der Waals surface area contributed by atoms with Crippen molar-refractivity contribution in [3.8, 4) is 0 Å². The van der Waals surface area contributed by atoms with Gasteiger partial charge in [-0.05, 0) is 62.8 Å². The van der Waals surface area contributed by atoms with Gasteiger partial charge < -0.3 is 0 Å². The summed E-state index contributed by atoms with van der Waals surface area (Å²) >= 11 is 0. The first kappa shape index (κ1) is 17.8. The van der Waals surface area contributed by atoms with Crippen LogP contribution in [0.5, 0.6) is 0 Å². The van der Waals surface area contributed by atoms with E-state index in [0.717, 1.165) is 50.2 Å². The van der Waals surface area contributed by atoms with Crippen molar-refractivity contribution in [2.24, 2.45) is 11.3 Å². The Kier molecular flexibility index (Phi) is 4.77. The Bertz CT molecular complexity index is 852. The molecule has 2 fully saturated rings. The second kappa shape index (κ2) is 7.22. The van der Waals surface area contributed by atoms with Crippen LogP contribution in [0.15, 0.2) is 42.6 Å². The third-order valence-corrected chi connectivity index (χ3v) is 6.03. The minimum Gasteiger partial charge on any atom is -0.296 e. The van der Waals surface area contributed by atoms with Gasteiger partial charge in [0.05, 0.1) is 5.41 Å². The van der Waals surface area contributed by atoms with Crippen molar-refractivity contribution in [1.82, 2.24) is 9.97 Å². The summed E-state index contributed by atoms with van der Waals surface area (Å²) in [7, 11) is 0. The molecule has 27 heavy (non-hydrogen) atoms. The maximum Gasteiger partial charge on any atom is 0.234 e. The topological polar surface area (TPSA) is 63.2 Å². The van der Waals surface area contributed by atoms with Gasteiger partial charge in [-0.1, -0.05) is 18.6 Å². The van der Waals surface area contributed by atoms with Crippen molar-refractivity contribution in [3.05, 3.63) is 54.0 Å². The zero-order valence-corrected chi connectivity index (χ0v) is 15.7. The molecule has 0 bridgehead atoms.